The zero-order valence-electron chi connectivity index (χ0n) is 10.9. The zero-order chi connectivity index (χ0) is 12.3. The Balaban J connectivity index is 2.11. The van der Waals surface area contributed by atoms with Gasteiger partial charge in [-0.05, 0) is 24.3 Å². The molecule has 1 aromatic carbocycles. The van der Waals surface area contributed by atoms with E-state index in [1.165, 1.54) is 31.2 Å². The molecule has 0 aliphatic heterocycles. The molecule has 92 valence electrons. The number of rotatable bonds is 4. The van der Waals surface area contributed by atoms with E-state index in [0.717, 1.165) is 12.0 Å². The molecule has 0 amide bonds. The first-order valence-electron chi connectivity index (χ1n) is 6.86. The van der Waals surface area contributed by atoms with Gasteiger partial charge in [0.1, 0.15) is 0 Å². The summed E-state index contributed by atoms with van der Waals surface area (Å²) in [6.07, 6.45) is 6.10. The van der Waals surface area contributed by atoms with Crippen LogP contribution in [-0.4, -0.2) is 5.78 Å². The standard InChI is InChI=1S/C16H22O/c1-3-4-5-8-13-11-14-9-6-7-10-15(14)16(17)12(13)2/h6-7,9-10,12-13H,3-5,8,11H2,1-2H3. The Labute approximate surface area is 104 Å². The Hall–Kier alpha value is -1.11. The van der Waals surface area contributed by atoms with Crippen LogP contribution in [0.3, 0.4) is 0 Å². The van der Waals surface area contributed by atoms with Gasteiger partial charge in [0, 0.05) is 11.5 Å². The summed E-state index contributed by atoms with van der Waals surface area (Å²) in [5.74, 6) is 1.12. The van der Waals surface area contributed by atoms with Crippen LogP contribution in [0.2, 0.25) is 0 Å². The van der Waals surface area contributed by atoms with E-state index in [1.54, 1.807) is 0 Å². The second kappa shape index (κ2) is 5.48. The number of hydrogen-bond acceptors (Lipinski definition) is 1. The third kappa shape index (κ3) is 2.59. The number of fused-ring (bicyclic) bond motifs is 1. The molecule has 0 radical (unpaired) electrons. The quantitative estimate of drug-likeness (QED) is 0.706. The third-order valence-corrected chi connectivity index (χ3v) is 4.06. The van der Waals surface area contributed by atoms with Crippen LogP contribution in [0.1, 0.15) is 55.5 Å². The van der Waals surface area contributed by atoms with Crippen LogP contribution < -0.4 is 0 Å². The number of carbonyl (C=O) groups excluding carboxylic acids is 1. The van der Waals surface area contributed by atoms with Gasteiger partial charge in [-0.2, -0.15) is 0 Å². The SMILES string of the molecule is CCCCCC1Cc2ccccc2C(=O)C1C. The van der Waals surface area contributed by atoms with Gasteiger partial charge in [0.05, 0.1) is 0 Å². The summed E-state index contributed by atoms with van der Waals surface area (Å²) in [4.78, 5) is 12.3. The summed E-state index contributed by atoms with van der Waals surface area (Å²) in [6.45, 7) is 4.33. The molecule has 2 rings (SSSR count). The number of unbranched alkanes of at least 4 members (excludes halogenated alkanes) is 2. The maximum Gasteiger partial charge on any atom is 0.166 e. The Bertz CT molecular complexity index is 394. The fraction of sp³-hybridized carbons (Fsp3) is 0.562. The highest BCUT2D eigenvalue weighted by Gasteiger charge is 2.31. The molecule has 0 bridgehead atoms. The molecule has 2 atom stereocenters. The Morgan fingerprint density at radius 1 is 1.24 bits per heavy atom. The molecular weight excluding hydrogens is 208 g/mol. The van der Waals surface area contributed by atoms with Crippen molar-refractivity contribution in [2.24, 2.45) is 11.8 Å². The summed E-state index contributed by atoms with van der Waals surface area (Å²) in [5, 5.41) is 0. The summed E-state index contributed by atoms with van der Waals surface area (Å²) >= 11 is 0. The minimum atomic E-state index is 0.210. The average Bonchev–Trinajstić information content (AvgIpc) is 2.35. The average molecular weight is 230 g/mol. The predicted molar refractivity (Wildman–Crippen MR) is 71.3 cm³/mol. The molecule has 1 nitrogen and oxygen atoms in total. The van der Waals surface area contributed by atoms with E-state index in [1.807, 2.05) is 18.2 Å². The molecule has 1 aliphatic rings. The van der Waals surface area contributed by atoms with Crippen molar-refractivity contribution in [2.75, 3.05) is 0 Å². The number of Topliss-reactive ketones (excluding diaryl/α,β-unsaturated/α-hetero) is 1. The maximum atomic E-state index is 12.3. The molecule has 0 N–H and O–H groups in total. The van der Waals surface area contributed by atoms with E-state index >= 15 is 0 Å². The first-order chi connectivity index (χ1) is 8.24. The van der Waals surface area contributed by atoms with E-state index in [-0.39, 0.29) is 5.92 Å². The van der Waals surface area contributed by atoms with Crippen molar-refractivity contribution in [2.45, 2.75) is 46.0 Å². The van der Waals surface area contributed by atoms with E-state index < -0.39 is 0 Å². The summed E-state index contributed by atoms with van der Waals surface area (Å²) in [6, 6.07) is 8.12. The highest BCUT2D eigenvalue weighted by atomic mass is 16.1. The van der Waals surface area contributed by atoms with Gasteiger partial charge in [-0.15, -0.1) is 0 Å². The molecule has 1 heteroatoms. The van der Waals surface area contributed by atoms with Gasteiger partial charge in [-0.25, -0.2) is 0 Å². The van der Waals surface area contributed by atoms with Gasteiger partial charge in [-0.3, -0.25) is 4.79 Å². The van der Waals surface area contributed by atoms with Crippen LogP contribution in [0.4, 0.5) is 0 Å². The topological polar surface area (TPSA) is 17.1 Å². The highest BCUT2D eigenvalue weighted by molar-refractivity contribution is 6.00. The molecular formula is C16H22O. The third-order valence-electron chi connectivity index (χ3n) is 4.06. The molecule has 1 aromatic rings. The van der Waals surface area contributed by atoms with Gasteiger partial charge < -0.3 is 0 Å². The molecule has 0 spiro atoms. The normalized spacial score (nSPS) is 23.5. The number of ketones is 1. The first-order valence-corrected chi connectivity index (χ1v) is 6.86. The van der Waals surface area contributed by atoms with E-state index in [0.29, 0.717) is 11.7 Å². The summed E-state index contributed by atoms with van der Waals surface area (Å²) in [5.41, 5.74) is 2.23. The van der Waals surface area contributed by atoms with E-state index in [9.17, 15) is 4.79 Å². The van der Waals surface area contributed by atoms with Crippen LogP contribution in [0, 0.1) is 11.8 Å². The fourth-order valence-electron chi connectivity index (χ4n) is 2.87. The largest absolute Gasteiger partial charge is 0.294 e. The predicted octanol–water partition coefficient (Wildman–Crippen LogP) is 4.26. The van der Waals surface area contributed by atoms with Crippen LogP contribution >= 0.6 is 0 Å². The Morgan fingerprint density at radius 2 is 2.00 bits per heavy atom. The van der Waals surface area contributed by atoms with Gasteiger partial charge in [0.15, 0.2) is 5.78 Å². The smallest absolute Gasteiger partial charge is 0.166 e. The zero-order valence-corrected chi connectivity index (χ0v) is 10.9. The number of carbonyl (C=O) groups is 1. The molecule has 2 unspecified atom stereocenters. The maximum absolute atomic E-state index is 12.3. The lowest BCUT2D eigenvalue weighted by Gasteiger charge is -2.29. The fourth-order valence-corrected chi connectivity index (χ4v) is 2.87. The second-order valence-electron chi connectivity index (χ2n) is 5.27. The van der Waals surface area contributed by atoms with Gasteiger partial charge >= 0.3 is 0 Å². The van der Waals surface area contributed by atoms with Crippen LogP contribution in [0.15, 0.2) is 24.3 Å². The molecule has 0 aromatic heterocycles. The lowest BCUT2D eigenvalue weighted by atomic mass is 9.74. The number of hydrogen-bond donors (Lipinski definition) is 0. The van der Waals surface area contributed by atoms with Gasteiger partial charge in [0.25, 0.3) is 0 Å². The molecule has 1 aliphatic carbocycles. The molecule has 0 saturated carbocycles. The Kier molecular flexibility index (Phi) is 3.98. The molecule has 0 fully saturated rings. The molecule has 0 saturated heterocycles. The minimum absolute atomic E-state index is 0.210. The van der Waals surface area contributed by atoms with Crippen molar-refractivity contribution in [3.8, 4) is 0 Å². The van der Waals surface area contributed by atoms with E-state index in [4.69, 9.17) is 0 Å². The van der Waals surface area contributed by atoms with Crippen molar-refractivity contribution in [1.29, 1.82) is 0 Å². The molecule has 0 heterocycles. The van der Waals surface area contributed by atoms with Crippen molar-refractivity contribution >= 4 is 5.78 Å². The Morgan fingerprint density at radius 3 is 2.76 bits per heavy atom. The summed E-state index contributed by atoms with van der Waals surface area (Å²) in [7, 11) is 0. The minimum Gasteiger partial charge on any atom is -0.294 e. The van der Waals surface area contributed by atoms with Crippen molar-refractivity contribution in [3.05, 3.63) is 35.4 Å². The lowest BCUT2D eigenvalue weighted by Crippen LogP contribution is -2.29. The van der Waals surface area contributed by atoms with Crippen LogP contribution in [0.25, 0.3) is 0 Å². The van der Waals surface area contributed by atoms with E-state index in [2.05, 4.69) is 19.9 Å². The van der Waals surface area contributed by atoms with Crippen molar-refractivity contribution in [3.63, 3.8) is 0 Å². The first kappa shape index (κ1) is 12.3. The van der Waals surface area contributed by atoms with Crippen LogP contribution in [0.5, 0.6) is 0 Å². The van der Waals surface area contributed by atoms with Gasteiger partial charge in [0.2, 0.25) is 0 Å². The van der Waals surface area contributed by atoms with Gasteiger partial charge in [-0.1, -0.05) is 57.4 Å². The van der Waals surface area contributed by atoms with Crippen molar-refractivity contribution in [1.82, 2.24) is 0 Å². The molecule has 17 heavy (non-hydrogen) atoms. The number of benzene rings is 1. The highest BCUT2D eigenvalue weighted by Crippen LogP contribution is 2.33. The monoisotopic (exact) mass is 230 g/mol. The summed E-state index contributed by atoms with van der Waals surface area (Å²) < 4.78 is 0. The lowest BCUT2D eigenvalue weighted by molar-refractivity contribution is 0.0861. The van der Waals surface area contributed by atoms with Crippen molar-refractivity contribution < 1.29 is 4.79 Å². The van der Waals surface area contributed by atoms with Crippen LogP contribution in [-0.2, 0) is 6.42 Å². The second-order valence-corrected chi connectivity index (χ2v) is 5.27.